The lowest BCUT2D eigenvalue weighted by Gasteiger charge is -2.25. The van der Waals surface area contributed by atoms with E-state index < -0.39 is 0 Å². The van der Waals surface area contributed by atoms with E-state index in [9.17, 15) is 9.90 Å². The van der Waals surface area contributed by atoms with Crippen LogP contribution >= 0.6 is 11.8 Å². The van der Waals surface area contributed by atoms with Crippen LogP contribution in [0.5, 0.6) is 5.75 Å². The SMILES string of the molecule is COc1ccc(Sc2ccc(C)cc2)c(C=CC(=O)NC2CCC(O)CC2)c1. The highest BCUT2D eigenvalue weighted by molar-refractivity contribution is 7.99. The molecule has 2 aromatic rings. The van der Waals surface area contributed by atoms with Crippen LogP contribution in [0.3, 0.4) is 0 Å². The number of ether oxygens (including phenoxy) is 1. The van der Waals surface area contributed by atoms with Crippen molar-refractivity contribution in [3.63, 3.8) is 0 Å². The van der Waals surface area contributed by atoms with Gasteiger partial charge in [0, 0.05) is 21.9 Å². The average Bonchev–Trinajstić information content (AvgIpc) is 2.70. The van der Waals surface area contributed by atoms with Gasteiger partial charge in [0.25, 0.3) is 0 Å². The second kappa shape index (κ2) is 9.80. The van der Waals surface area contributed by atoms with Gasteiger partial charge in [-0.3, -0.25) is 4.79 Å². The van der Waals surface area contributed by atoms with Gasteiger partial charge >= 0.3 is 0 Å². The van der Waals surface area contributed by atoms with Crippen molar-refractivity contribution >= 4 is 23.7 Å². The molecule has 0 unspecified atom stereocenters. The quantitative estimate of drug-likeness (QED) is 0.700. The van der Waals surface area contributed by atoms with E-state index in [1.807, 2.05) is 24.3 Å². The molecule has 4 nitrogen and oxygen atoms in total. The van der Waals surface area contributed by atoms with Gasteiger partial charge in [-0.25, -0.2) is 0 Å². The molecule has 3 rings (SSSR count). The first-order valence-corrected chi connectivity index (χ1v) is 10.4. The molecule has 2 N–H and O–H groups in total. The highest BCUT2D eigenvalue weighted by Crippen LogP contribution is 2.33. The fraction of sp³-hybridized carbons (Fsp3) is 0.348. The van der Waals surface area contributed by atoms with Crippen LogP contribution in [0.4, 0.5) is 0 Å². The highest BCUT2D eigenvalue weighted by atomic mass is 32.2. The number of aryl methyl sites for hydroxylation is 1. The largest absolute Gasteiger partial charge is 0.497 e. The Morgan fingerprint density at radius 3 is 2.54 bits per heavy atom. The predicted molar refractivity (Wildman–Crippen MR) is 114 cm³/mol. The molecule has 0 aliphatic heterocycles. The Morgan fingerprint density at radius 1 is 1.14 bits per heavy atom. The van der Waals surface area contributed by atoms with Gasteiger partial charge in [0.1, 0.15) is 5.75 Å². The van der Waals surface area contributed by atoms with E-state index in [1.165, 1.54) is 5.56 Å². The number of carbonyl (C=O) groups excluding carboxylic acids is 1. The van der Waals surface area contributed by atoms with Gasteiger partial charge in [-0.15, -0.1) is 0 Å². The van der Waals surface area contributed by atoms with E-state index in [4.69, 9.17) is 4.74 Å². The number of rotatable bonds is 6. The topological polar surface area (TPSA) is 58.6 Å². The van der Waals surface area contributed by atoms with Crippen molar-refractivity contribution in [1.82, 2.24) is 5.32 Å². The second-order valence-corrected chi connectivity index (χ2v) is 8.28. The lowest BCUT2D eigenvalue weighted by molar-refractivity contribution is -0.117. The number of carbonyl (C=O) groups is 1. The lowest BCUT2D eigenvalue weighted by atomic mass is 9.93. The first kappa shape index (κ1) is 20.5. The molecule has 1 fully saturated rings. The predicted octanol–water partition coefficient (Wildman–Crippen LogP) is 4.59. The number of hydrogen-bond acceptors (Lipinski definition) is 4. The number of aliphatic hydroxyl groups is 1. The standard InChI is InChI=1S/C23H27NO3S/c1-16-3-11-21(12-4-16)28-22-13-10-20(27-2)15-17(22)5-14-23(26)24-18-6-8-19(25)9-7-18/h3-5,10-15,18-19,25H,6-9H2,1-2H3,(H,24,26). The molecular weight excluding hydrogens is 370 g/mol. The van der Waals surface area contributed by atoms with Crippen molar-refractivity contribution in [1.29, 1.82) is 0 Å². The van der Waals surface area contributed by atoms with Gasteiger partial charge in [-0.1, -0.05) is 29.5 Å². The summed E-state index contributed by atoms with van der Waals surface area (Å²) in [5, 5.41) is 12.6. The Morgan fingerprint density at radius 2 is 1.86 bits per heavy atom. The fourth-order valence-electron chi connectivity index (χ4n) is 3.24. The Balaban J connectivity index is 1.70. The van der Waals surface area contributed by atoms with Crippen LogP contribution in [0.2, 0.25) is 0 Å². The van der Waals surface area contributed by atoms with Crippen molar-refractivity contribution in [2.45, 2.75) is 54.5 Å². The van der Waals surface area contributed by atoms with Crippen molar-refractivity contribution in [2.24, 2.45) is 0 Å². The molecule has 28 heavy (non-hydrogen) atoms. The van der Waals surface area contributed by atoms with E-state index >= 15 is 0 Å². The molecule has 0 radical (unpaired) electrons. The maximum atomic E-state index is 12.3. The normalized spacial score (nSPS) is 19.5. The van der Waals surface area contributed by atoms with Crippen molar-refractivity contribution in [3.05, 3.63) is 59.7 Å². The van der Waals surface area contributed by atoms with E-state index in [0.29, 0.717) is 0 Å². The molecule has 0 spiro atoms. The van der Waals surface area contributed by atoms with Gasteiger partial charge in [-0.2, -0.15) is 0 Å². The summed E-state index contributed by atoms with van der Waals surface area (Å²) in [7, 11) is 1.64. The summed E-state index contributed by atoms with van der Waals surface area (Å²) in [6, 6.07) is 14.4. The van der Waals surface area contributed by atoms with E-state index in [1.54, 1.807) is 24.9 Å². The Labute approximate surface area is 171 Å². The van der Waals surface area contributed by atoms with Crippen LogP contribution in [0, 0.1) is 6.92 Å². The molecule has 0 heterocycles. The second-order valence-electron chi connectivity index (χ2n) is 7.17. The molecule has 1 aliphatic rings. The first-order chi connectivity index (χ1) is 13.5. The van der Waals surface area contributed by atoms with E-state index in [0.717, 1.165) is 46.8 Å². The summed E-state index contributed by atoms with van der Waals surface area (Å²) in [4.78, 5) is 14.5. The number of amides is 1. The van der Waals surface area contributed by atoms with Gasteiger partial charge in [0.05, 0.1) is 13.2 Å². The van der Waals surface area contributed by atoms with Crippen LogP contribution < -0.4 is 10.1 Å². The Hall–Kier alpha value is -2.24. The molecule has 0 bridgehead atoms. The monoisotopic (exact) mass is 397 g/mol. The smallest absolute Gasteiger partial charge is 0.244 e. The van der Waals surface area contributed by atoms with Crippen LogP contribution in [-0.2, 0) is 4.79 Å². The third kappa shape index (κ3) is 5.88. The lowest BCUT2D eigenvalue weighted by Crippen LogP contribution is -2.37. The van der Waals surface area contributed by atoms with Crippen LogP contribution in [0.15, 0.2) is 58.3 Å². The molecule has 1 aliphatic carbocycles. The first-order valence-electron chi connectivity index (χ1n) is 9.62. The van der Waals surface area contributed by atoms with Gasteiger partial charge in [-0.05, 0) is 74.6 Å². The highest BCUT2D eigenvalue weighted by Gasteiger charge is 2.20. The number of nitrogens with one attached hydrogen (secondary N) is 1. The zero-order chi connectivity index (χ0) is 19.9. The van der Waals surface area contributed by atoms with Crippen LogP contribution in [-0.4, -0.2) is 30.3 Å². The van der Waals surface area contributed by atoms with Gasteiger partial charge in [0.2, 0.25) is 5.91 Å². The number of hydrogen-bond donors (Lipinski definition) is 2. The van der Waals surface area contributed by atoms with Crippen molar-refractivity contribution in [2.75, 3.05) is 7.11 Å². The molecule has 1 amide bonds. The zero-order valence-corrected chi connectivity index (χ0v) is 17.2. The average molecular weight is 398 g/mol. The van der Waals surface area contributed by atoms with Gasteiger partial charge in [0.15, 0.2) is 0 Å². The molecule has 0 aromatic heterocycles. The summed E-state index contributed by atoms with van der Waals surface area (Å²) in [5.41, 5.74) is 2.17. The van der Waals surface area contributed by atoms with Crippen molar-refractivity contribution < 1.29 is 14.6 Å². The molecule has 5 heteroatoms. The van der Waals surface area contributed by atoms with Crippen LogP contribution in [0.1, 0.15) is 36.8 Å². The minimum atomic E-state index is -0.221. The number of benzene rings is 2. The summed E-state index contributed by atoms with van der Waals surface area (Å²) in [6.45, 7) is 2.07. The van der Waals surface area contributed by atoms with E-state index in [2.05, 4.69) is 36.5 Å². The zero-order valence-electron chi connectivity index (χ0n) is 16.4. The Kier molecular flexibility index (Phi) is 7.18. The van der Waals surface area contributed by atoms with E-state index in [-0.39, 0.29) is 18.1 Å². The minimum Gasteiger partial charge on any atom is -0.497 e. The maximum absolute atomic E-state index is 12.3. The molecule has 0 saturated heterocycles. The number of aliphatic hydroxyl groups excluding tert-OH is 1. The van der Waals surface area contributed by atoms with Crippen LogP contribution in [0.25, 0.3) is 6.08 Å². The Bertz CT molecular complexity index is 824. The molecule has 148 valence electrons. The summed E-state index contributed by atoms with van der Waals surface area (Å²) >= 11 is 1.66. The third-order valence-electron chi connectivity index (χ3n) is 4.92. The maximum Gasteiger partial charge on any atom is 0.244 e. The third-order valence-corrected chi connectivity index (χ3v) is 6.02. The molecular formula is C23H27NO3S. The summed E-state index contributed by atoms with van der Waals surface area (Å²) in [5.74, 6) is 0.657. The summed E-state index contributed by atoms with van der Waals surface area (Å²) in [6.07, 6.45) is 6.36. The molecule has 1 saturated carbocycles. The molecule has 0 atom stereocenters. The fourth-order valence-corrected chi connectivity index (χ4v) is 4.15. The van der Waals surface area contributed by atoms with Crippen molar-refractivity contribution in [3.8, 4) is 5.75 Å². The number of methoxy groups -OCH3 is 1. The minimum absolute atomic E-state index is 0.101. The molecule has 2 aromatic carbocycles. The summed E-state index contributed by atoms with van der Waals surface area (Å²) < 4.78 is 5.35. The van der Waals surface area contributed by atoms with Gasteiger partial charge < -0.3 is 15.2 Å².